The predicted octanol–water partition coefficient (Wildman–Crippen LogP) is 5.13. The first-order valence-corrected chi connectivity index (χ1v) is 11.8. The van der Waals surface area contributed by atoms with Crippen molar-refractivity contribution < 1.29 is 23.5 Å². The second-order valence-corrected chi connectivity index (χ2v) is 10.1. The molecule has 8 heteroatoms. The number of carbonyl (C=O) groups excluding carboxylic acids is 2. The van der Waals surface area contributed by atoms with Crippen LogP contribution in [-0.4, -0.2) is 41.4 Å². The number of benzene rings is 1. The van der Waals surface area contributed by atoms with Crippen LogP contribution in [0.4, 0.5) is 0 Å². The fourth-order valence-corrected chi connectivity index (χ4v) is 6.49. The highest BCUT2D eigenvalue weighted by atomic mass is 32.2. The summed E-state index contributed by atoms with van der Waals surface area (Å²) in [5.74, 6) is 2.38. The molecule has 1 aromatic heterocycles. The number of methoxy groups -OCH3 is 2. The zero-order chi connectivity index (χ0) is 22.4. The number of esters is 1. The number of ether oxygens (including phenoxy) is 2. The van der Waals surface area contributed by atoms with Crippen molar-refractivity contribution in [1.29, 1.82) is 0 Å². The van der Waals surface area contributed by atoms with Crippen LogP contribution in [0.2, 0.25) is 0 Å². The minimum Gasteiger partial charge on any atom is -0.496 e. The highest BCUT2D eigenvalue weighted by Gasteiger charge is 2.48. The highest BCUT2D eigenvalue weighted by molar-refractivity contribution is 8.26. The number of amides is 1. The van der Waals surface area contributed by atoms with Crippen LogP contribution < -0.4 is 4.74 Å². The Morgan fingerprint density at radius 3 is 2.75 bits per heavy atom. The number of thioether (sulfide) groups is 1. The SMILES string of the molecule is COC(=O)c1cc(-c2ccc(C=C3SC(=S)N(C4CC5CCC4C5)C3=O)o2)ccc1OC. The monoisotopic (exact) mass is 469 g/mol. The van der Waals surface area contributed by atoms with Crippen LogP contribution in [0.3, 0.4) is 0 Å². The maximum absolute atomic E-state index is 13.1. The second-order valence-electron chi connectivity index (χ2n) is 8.40. The molecule has 2 aliphatic carbocycles. The molecule has 3 atom stereocenters. The molecular formula is C24H23NO5S2. The fourth-order valence-electron chi connectivity index (χ4n) is 5.14. The van der Waals surface area contributed by atoms with Gasteiger partial charge in [-0.3, -0.25) is 9.69 Å². The van der Waals surface area contributed by atoms with Gasteiger partial charge in [0.1, 0.15) is 27.2 Å². The van der Waals surface area contributed by atoms with Crippen molar-refractivity contribution in [3.63, 3.8) is 0 Å². The summed E-state index contributed by atoms with van der Waals surface area (Å²) in [5, 5.41) is 0. The summed E-state index contributed by atoms with van der Waals surface area (Å²) in [6.07, 6.45) is 6.51. The molecule has 0 spiro atoms. The average Bonchev–Trinajstić information content (AvgIpc) is 3.58. The molecule has 1 aromatic carbocycles. The van der Waals surface area contributed by atoms with Gasteiger partial charge in [0.15, 0.2) is 0 Å². The molecule has 1 amide bonds. The lowest BCUT2D eigenvalue weighted by Gasteiger charge is -2.30. The van der Waals surface area contributed by atoms with Gasteiger partial charge in [0.2, 0.25) is 0 Å². The van der Waals surface area contributed by atoms with Crippen molar-refractivity contribution in [2.24, 2.45) is 11.8 Å². The molecule has 0 radical (unpaired) electrons. The Bertz CT molecular complexity index is 1140. The Morgan fingerprint density at radius 2 is 2.06 bits per heavy atom. The third-order valence-corrected chi connectivity index (χ3v) is 7.98. The molecule has 0 N–H and O–H groups in total. The van der Waals surface area contributed by atoms with Crippen molar-refractivity contribution >= 4 is 46.3 Å². The van der Waals surface area contributed by atoms with E-state index in [0.29, 0.717) is 43.5 Å². The zero-order valence-corrected chi connectivity index (χ0v) is 19.5. The first-order valence-electron chi connectivity index (χ1n) is 10.6. The standard InChI is InChI=1S/C24H23NO5S2/c1-28-20-7-5-15(11-17(20)23(27)29-2)19-8-6-16(30-19)12-21-22(26)25(24(31)32-21)18-10-13-3-4-14(18)9-13/h5-8,11-14,18H,3-4,9-10H2,1-2H3. The van der Waals surface area contributed by atoms with Gasteiger partial charge in [-0.15, -0.1) is 0 Å². The maximum atomic E-state index is 13.1. The van der Waals surface area contributed by atoms with Gasteiger partial charge in [-0.1, -0.05) is 30.4 Å². The van der Waals surface area contributed by atoms with Crippen LogP contribution in [0.1, 0.15) is 41.8 Å². The summed E-state index contributed by atoms with van der Waals surface area (Å²) in [6, 6.07) is 9.04. The van der Waals surface area contributed by atoms with E-state index < -0.39 is 5.97 Å². The maximum Gasteiger partial charge on any atom is 0.341 e. The third-order valence-electron chi connectivity index (χ3n) is 6.65. The van der Waals surface area contributed by atoms with Crippen LogP contribution in [0.15, 0.2) is 39.7 Å². The van der Waals surface area contributed by atoms with Gasteiger partial charge in [-0.05, 0) is 61.4 Å². The number of nitrogens with zero attached hydrogens (tertiary/aromatic N) is 1. The van der Waals surface area contributed by atoms with E-state index in [-0.39, 0.29) is 11.9 Å². The molecule has 5 rings (SSSR count). The Labute approximate surface area is 195 Å². The zero-order valence-electron chi connectivity index (χ0n) is 17.8. The largest absolute Gasteiger partial charge is 0.496 e. The Hall–Kier alpha value is -2.58. The summed E-state index contributed by atoms with van der Waals surface area (Å²) >= 11 is 6.90. The van der Waals surface area contributed by atoms with Gasteiger partial charge < -0.3 is 13.9 Å². The van der Waals surface area contributed by atoms with E-state index in [1.54, 1.807) is 18.2 Å². The number of hydrogen-bond donors (Lipinski definition) is 0. The topological polar surface area (TPSA) is 69.0 Å². The van der Waals surface area contributed by atoms with Crippen LogP contribution in [0.5, 0.6) is 5.75 Å². The number of thiocarbonyl (C=S) groups is 1. The van der Waals surface area contributed by atoms with Crippen LogP contribution in [-0.2, 0) is 9.53 Å². The summed E-state index contributed by atoms with van der Waals surface area (Å²) in [6.45, 7) is 0. The van der Waals surface area contributed by atoms with Gasteiger partial charge in [-0.25, -0.2) is 4.79 Å². The highest BCUT2D eigenvalue weighted by Crippen LogP contribution is 2.49. The molecule has 1 saturated heterocycles. The van der Waals surface area contributed by atoms with Gasteiger partial charge >= 0.3 is 5.97 Å². The first kappa shape index (κ1) is 21.3. The normalized spacial score (nSPS) is 25.8. The van der Waals surface area contributed by atoms with E-state index in [4.69, 9.17) is 26.1 Å². The van der Waals surface area contributed by atoms with E-state index in [1.807, 2.05) is 23.1 Å². The molecule has 2 saturated carbocycles. The van der Waals surface area contributed by atoms with E-state index >= 15 is 0 Å². The number of hydrogen-bond acceptors (Lipinski definition) is 7. The fraction of sp³-hybridized carbons (Fsp3) is 0.375. The molecule has 2 aromatic rings. The number of furan rings is 1. The Morgan fingerprint density at radius 1 is 1.22 bits per heavy atom. The van der Waals surface area contributed by atoms with Crippen molar-refractivity contribution in [2.45, 2.75) is 31.7 Å². The number of carbonyl (C=O) groups is 2. The lowest BCUT2D eigenvalue weighted by molar-refractivity contribution is -0.124. The van der Waals surface area contributed by atoms with Gasteiger partial charge in [0, 0.05) is 17.7 Å². The smallest absolute Gasteiger partial charge is 0.341 e. The lowest BCUT2D eigenvalue weighted by atomic mass is 9.94. The van der Waals surface area contributed by atoms with E-state index in [2.05, 4.69) is 0 Å². The molecular weight excluding hydrogens is 446 g/mol. The van der Waals surface area contributed by atoms with Gasteiger partial charge in [0.25, 0.3) is 5.91 Å². The van der Waals surface area contributed by atoms with Gasteiger partial charge in [0.05, 0.1) is 19.1 Å². The van der Waals surface area contributed by atoms with Crippen LogP contribution in [0.25, 0.3) is 17.4 Å². The Kier molecular flexibility index (Phi) is 5.59. The second kappa shape index (κ2) is 8.41. The minimum atomic E-state index is -0.486. The molecule has 3 aliphatic rings. The molecule has 166 valence electrons. The van der Waals surface area contributed by atoms with E-state index in [9.17, 15) is 9.59 Å². The quantitative estimate of drug-likeness (QED) is 0.341. The van der Waals surface area contributed by atoms with Crippen LogP contribution >= 0.6 is 24.0 Å². The van der Waals surface area contributed by atoms with Crippen molar-refractivity contribution in [2.75, 3.05) is 14.2 Å². The lowest BCUT2D eigenvalue weighted by Crippen LogP contribution is -2.41. The summed E-state index contributed by atoms with van der Waals surface area (Å²) in [7, 11) is 2.83. The van der Waals surface area contributed by atoms with Gasteiger partial charge in [-0.2, -0.15) is 0 Å². The van der Waals surface area contributed by atoms with E-state index in [0.717, 1.165) is 12.3 Å². The summed E-state index contributed by atoms with van der Waals surface area (Å²) in [5.41, 5.74) is 1.03. The molecule has 2 bridgehead atoms. The van der Waals surface area contributed by atoms with Crippen molar-refractivity contribution in [3.05, 3.63) is 46.6 Å². The van der Waals surface area contributed by atoms with Crippen molar-refractivity contribution in [1.82, 2.24) is 4.90 Å². The molecule has 32 heavy (non-hydrogen) atoms. The molecule has 3 fully saturated rings. The molecule has 1 aliphatic heterocycles. The van der Waals surface area contributed by atoms with Crippen LogP contribution in [0, 0.1) is 11.8 Å². The minimum absolute atomic E-state index is 0.0204. The predicted molar refractivity (Wildman–Crippen MR) is 126 cm³/mol. The molecule has 6 nitrogen and oxygen atoms in total. The molecule has 2 heterocycles. The third kappa shape index (κ3) is 3.65. The molecule has 3 unspecified atom stereocenters. The van der Waals surface area contributed by atoms with Crippen molar-refractivity contribution in [3.8, 4) is 17.1 Å². The Balaban J connectivity index is 1.38. The number of fused-ring (bicyclic) bond motifs is 2. The average molecular weight is 470 g/mol. The van der Waals surface area contributed by atoms with E-state index in [1.165, 1.54) is 45.2 Å². The summed E-state index contributed by atoms with van der Waals surface area (Å²) in [4.78, 5) is 27.6. The summed E-state index contributed by atoms with van der Waals surface area (Å²) < 4.78 is 16.7. The number of rotatable bonds is 5. The first-order chi connectivity index (χ1) is 15.5.